The maximum atomic E-state index is 12.1. The number of thiophene rings is 1. The number of nitrogens with zero attached hydrogens (tertiary/aromatic N) is 1. The normalized spacial score (nSPS) is 24.1. The molecule has 0 radical (unpaired) electrons. The highest BCUT2D eigenvalue weighted by atomic mass is 32.1. The number of hydrogen-bond donors (Lipinski definition) is 0. The molecule has 0 amide bonds. The molecule has 0 aliphatic heterocycles. The number of likely N-dealkylation sites (N-methyl/N-ethyl adjacent to an activating group) is 1. The van der Waals surface area contributed by atoms with Gasteiger partial charge < -0.3 is 4.90 Å². The van der Waals surface area contributed by atoms with Crippen LogP contribution in [0, 0.1) is 11.3 Å². The Morgan fingerprint density at radius 1 is 1.50 bits per heavy atom. The molecule has 112 valence electrons. The summed E-state index contributed by atoms with van der Waals surface area (Å²) >= 11 is 1.82. The number of carbonyl (C=O) groups is 1. The van der Waals surface area contributed by atoms with Crippen LogP contribution in [0.3, 0.4) is 0 Å². The number of rotatable bonds is 5. The van der Waals surface area contributed by atoms with E-state index in [2.05, 4.69) is 50.2 Å². The minimum absolute atomic E-state index is 0.231. The van der Waals surface area contributed by atoms with Gasteiger partial charge in [0.25, 0.3) is 0 Å². The van der Waals surface area contributed by atoms with Crippen LogP contribution < -0.4 is 0 Å². The molecule has 1 aliphatic carbocycles. The van der Waals surface area contributed by atoms with Crippen LogP contribution in [0.1, 0.15) is 44.9 Å². The maximum Gasteiger partial charge on any atom is 0.137 e. The summed E-state index contributed by atoms with van der Waals surface area (Å²) < 4.78 is 0. The SMILES string of the molecule is CC(Cc1cccs1)N(C)CC1CC(C)(C)CCC1=O. The maximum absolute atomic E-state index is 12.1. The number of Topliss-reactive ketones (excluding diaryl/α,β-unsaturated/α-hetero) is 1. The summed E-state index contributed by atoms with van der Waals surface area (Å²) in [6.45, 7) is 7.76. The average molecular weight is 293 g/mol. The molecule has 1 fully saturated rings. The fourth-order valence-corrected chi connectivity index (χ4v) is 3.94. The van der Waals surface area contributed by atoms with Crippen molar-refractivity contribution in [1.82, 2.24) is 4.90 Å². The Labute approximate surface area is 127 Å². The van der Waals surface area contributed by atoms with Crippen molar-refractivity contribution in [3.63, 3.8) is 0 Å². The van der Waals surface area contributed by atoms with Gasteiger partial charge in [0.05, 0.1) is 0 Å². The van der Waals surface area contributed by atoms with E-state index in [-0.39, 0.29) is 5.92 Å². The first kappa shape index (κ1) is 15.7. The van der Waals surface area contributed by atoms with Gasteiger partial charge >= 0.3 is 0 Å². The van der Waals surface area contributed by atoms with Crippen molar-refractivity contribution >= 4 is 17.1 Å². The predicted octanol–water partition coefficient (Wildman–Crippen LogP) is 4.01. The van der Waals surface area contributed by atoms with Crippen LogP contribution in [0.4, 0.5) is 0 Å². The third kappa shape index (κ3) is 4.16. The van der Waals surface area contributed by atoms with Crippen molar-refractivity contribution in [3.05, 3.63) is 22.4 Å². The number of carbonyl (C=O) groups excluding carboxylic acids is 1. The first-order valence-electron chi connectivity index (χ1n) is 7.63. The Kier molecular flexibility index (Phi) is 5.03. The lowest BCUT2D eigenvalue weighted by Crippen LogP contribution is -2.41. The Balaban J connectivity index is 1.89. The van der Waals surface area contributed by atoms with Gasteiger partial charge in [-0.1, -0.05) is 19.9 Å². The van der Waals surface area contributed by atoms with Crippen molar-refractivity contribution in [2.45, 2.75) is 52.5 Å². The highest BCUT2D eigenvalue weighted by Gasteiger charge is 2.34. The van der Waals surface area contributed by atoms with Gasteiger partial charge in [-0.05, 0) is 50.1 Å². The lowest BCUT2D eigenvalue weighted by molar-refractivity contribution is -0.127. The van der Waals surface area contributed by atoms with Crippen molar-refractivity contribution in [3.8, 4) is 0 Å². The Hall–Kier alpha value is -0.670. The molecule has 1 aliphatic rings. The molecule has 0 N–H and O–H groups in total. The molecule has 2 nitrogen and oxygen atoms in total. The molecule has 0 saturated heterocycles. The van der Waals surface area contributed by atoms with Crippen LogP contribution in [0.25, 0.3) is 0 Å². The molecule has 2 atom stereocenters. The van der Waals surface area contributed by atoms with Crippen LogP contribution in [0.5, 0.6) is 0 Å². The number of ketones is 1. The lowest BCUT2D eigenvalue weighted by atomic mass is 9.71. The summed E-state index contributed by atoms with van der Waals surface area (Å²) in [5.41, 5.74) is 0.330. The van der Waals surface area contributed by atoms with Gasteiger partial charge in [-0.3, -0.25) is 4.79 Å². The Bertz CT molecular complexity index is 438. The predicted molar refractivity (Wildman–Crippen MR) is 86.2 cm³/mol. The van der Waals surface area contributed by atoms with Gasteiger partial charge in [0.1, 0.15) is 5.78 Å². The highest BCUT2D eigenvalue weighted by molar-refractivity contribution is 7.09. The molecule has 3 heteroatoms. The highest BCUT2D eigenvalue weighted by Crippen LogP contribution is 2.37. The van der Waals surface area contributed by atoms with Gasteiger partial charge in [-0.2, -0.15) is 0 Å². The monoisotopic (exact) mass is 293 g/mol. The minimum Gasteiger partial charge on any atom is -0.303 e. The summed E-state index contributed by atoms with van der Waals surface area (Å²) in [4.78, 5) is 15.9. The van der Waals surface area contributed by atoms with E-state index in [0.717, 1.165) is 32.2 Å². The number of hydrogen-bond acceptors (Lipinski definition) is 3. The van der Waals surface area contributed by atoms with E-state index in [1.165, 1.54) is 4.88 Å². The third-order valence-corrected chi connectivity index (χ3v) is 5.54. The molecular formula is C17H27NOS. The quantitative estimate of drug-likeness (QED) is 0.817. The Morgan fingerprint density at radius 3 is 2.90 bits per heavy atom. The van der Waals surface area contributed by atoms with Gasteiger partial charge in [0.15, 0.2) is 0 Å². The van der Waals surface area contributed by atoms with E-state index in [1.54, 1.807) is 0 Å². The summed E-state index contributed by atoms with van der Waals surface area (Å²) in [5, 5.41) is 2.13. The third-order valence-electron chi connectivity index (χ3n) is 4.64. The molecule has 1 aromatic heterocycles. The molecule has 2 rings (SSSR count). The summed E-state index contributed by atoms with van der Waals surface area (Å²) in [7, 11) is 2.16. The second-order valence-electron chi connectivity index (χ2n) is 7.10. The topological polar surface area (TPSA) is 20.3 Å². The van der Waals surface area contributed by atoms with Crippen molar-refractivity contribution in [1.29, 1.82) is 0 Å². The molecule has 0 bridgehead atoms. The van der Waals surface area contributed by atoms with Crippen molar-refractivity contribution < 1.29 is 4.79 Å². The molecule has 0 spiro atoms. The molecule has 20 heavy (non-hydrogen) atoms. The van der Waals surface area contributed by atoms with Gasteiger partial charge in [-0.25, -0.2) is 0 Å². The van der Waals surface area contributed by atoms with E-state index < -0.39 is 0 Å². The zero-order chi connectivity index (χ0) is 14.8. The second kappa shape index (κ2) is 6.40. The molecule has 1 saturated carbocycles. The van der Waals surface area contributed by atoms with Crippen molar-refractivity contribution in [2.75, 3.05) is 13.6 Å². The summed E-state index contributed by atoms with van der Waals surface area (Å²) in [6.07, 6.45) is 3.95. The van der Waals surface area contributed by atoms with E-state index in [4.69, 9.17) is 0 Å². The smallest absolute Gasteiger partial charge is 0.137 e. The minimum atomic E-state index is 0.231. The van der Waals surface area contributed by atoms with E-state index >= 15 is 0 Å². The first-order valence-corrected chi connectivity index (χ1v) is 8.51. The zero-order valence-corrected chi connectivity index (χ0v) is 14.0. The van der Waals surface area contributed by atoms with E-state index in [1.807, 2.05) is 11.3 Å². The molecule has 1 heterocycles. The first-order chi connectivity index (χ1) is 9.37. The standard InChI is InChI=1S/C17H27NOS/c1-13(10-15-6-5-9-20-15)18(4)12-14-11-17(2,3)8-7-16(14)19/h5-6,9,13-14H,7-8,10-12H2,1-4H3. The molecular weight excluding hydrogens is 266 g/mol. The summed E-state index contributed by atoms with van der Waals surface area (Å²) in [6, 6.07) is 4.80. The summed E-state index contributed by atoms with van der Waals surface area (Å²) in [5.74, 6) is 0.703. The fourth-order valence-electron chi connectivity index (χ4n) is 3.12. The lowest BCUT2D eigenvalue weighted by Gasteiger charge is -2.37. The molecule has 2 unspecified atom stereocenters. The van der Waals surface area contributed by atoms with Crippen LogP contribution in [-0.2, 0) is 11.2 Å². The average Bonchev–Trinajstić information content (AvgIpc) is 2.86. The van der Waals surface area contributed by atoms with Crippen LogP contribution in [0.2, 0.25) is 0 Å². The van der Waals surface area contributed by atoms with Crippen LogP contribution >= 0.6 is 11.3 Å². The van der Waals surface area contributed by atoms with E-state index in [0.29, 0.717) is 17.2 Å². The second-order valence-corrected chi connectivity index (χ2v) is 8.14. The Morgan fingerprint density at radius 2 is 2.25 bits per heavy atom. The largest absolute Gasteiger partial charge is 0.303 e. The van der Waals surface area contributed by atoms with Gasteiger partial charge in [0, 0.05) is 29.8 Å². The fraction of sp³-hybridized carbons (Fsp3) is 0.706. The van der Waals surface area contributed by atoms with Crippen LogP contribution in [-0.4, -0.2) is 30.3 Å². The van der Waals surface area contributed by atoms with Gasteiger partial charge in [-0.15, -0.1) is 11.3 Å². The van der Waals surface area contributed by atoms with Crippen molar-refractivity contribution in [2.24, 2.45) is 11.3 Å². The molecule has 1 aromatic rings. The molecule has 0 aromatic carbocycles. The zero-order valence-electron chi connectivity index (χ0n) is 13.2. The van der Waals surface area contributed by atoms with Gasteiger partial charge in [0.2, 0.25) is 0 Å². The van der Waals surface area contributed by atoms with E-state index in [9.17, 15) is 4.79 Å². The van der Waals surface area contributed by atoms with Crippen LogP contribution in [0.15, 0.2) is 17.5 Å².